The minimum atomic E-state index is -2.75. The molecule has 5 aliphatic rings. The van der Waals surface area contributed by atoms with Crippen molar-refractivity contribution >= 4 is 30.6 Å². The Balaban J connectivity index is 1.27. The summed E-state index contributed by atoms with van der Waals surface area (Å²) in [4.78, 5) is 28.2. The molecule has 0 aromatic heterocycles. The van der Waals surface area contributed by atoms with Crippen LogP contribution in [0, 0.1) is 11.8 Å². The van der Waals surface area contributed by atoms with Crippen molar-refractivity contribution in [2.24, 2.45) is 11.8 Å². The zero-order valence-corrected chi connectivity index (χ0v) is 23.2. The molecule has 38 heavy (non-hydrogen) atoms. The molecule has 7 heteroatoms. The Bertz CT molecular complexity index is 1230. The first-order chi connectivity index (χ1) is 18.3. The van der Waals surface area contributed by atoms with E-state index in [1.54, 1.807) is 4.90 Å². The summed E-state index contributed by atoms with van der Waals surface area (Å²) in [5.41, 5.74) is 0. The Morgan fingerprint density at radius 3 is 2.21 bits per heavy atom. The first-order valence-corrected chi connectivity index (χ1v) is 15.8. The lowest BCUT2D eigenvalue weighted by molar-refractivity contribution is -0.138. The Kier molecular flexibility index (Phi) is 5.52. The second-order valence-corrected chi connectivity index (χ2v) is 16.9. The lowest BCUT2D eigenvalue weighted by Crippen LogP contribution is -2.68. The summed E-state index contributed by atoms with van der Waals surface area (Å²) >= 11 is 0. The third-order valence-corrected chi connectivity index (χ3v) is 14.6. The molecule has 3 heterocycles. The zero-order chi connectivity index (χ0) is 26.2. The minimum absolute atomic E-state index is 0.0176. The zero-order valence-electron chi connectivity index (χ0n) is 22.2. The average Bonchev–Trinajstić information content (AvgIpc) is 3.65. The highest BCUT2D eigenvalue weighted by molar-refractivity contribution is 6.99. The third-order valence-electron chi connectivity index (χ3n) is 9.53. The number of rotatable bonds is 5. The van der Waals surface area contributed by atoms with Crippen LogP contribution in [0.1, 0.15) is 40.0 Å². The van der Waals surface area contributed by atoms with E-state index < -0.39 is 14.4 Å². The van der Waals surface area contributed by atoms with Gasteiger partial charge in [0.1, 0.15) is 18.2 Å². The number of hydrogen-bond donors (Lipinski definition) is 0. The fourth-order valence-corrected chi connectivity index (χ4v) is 12.8. The number of ether oxygens (including phenoxy) is 2. The summed E-state index contributed by atoms with van der Waals surface area (Å²) in [6.45, 7) is 6.89. The van der Waals surface area contributed by atoms with Gasteiger partial charge in [-0.1, -0.05) is 93.6 Å². The van der Waals surface area contributed by atoms with Gasteiger partial charge in [0, 0.05) is 18.3 Å². The summed E-state index contributed by atoms with van der Waals surface area (Å²) < 4.78 is 19.5. The molecule has 2 aromatic carbocycles. The molecule has 4 bridgehead atoms. The van der Waals surface area contributed by atoms with E-state index in [0.717, 1.165) is 12.8 Å². The van der Waals surface area contributed by atoms with Crippen LogP contribution in [0.25, 0.3) is 0 Å². The van der Waals surface area contributed by atoms with Crippen molar-refractivity contribution in [2.75, 3.05) is 0 Å². The molecule has 7 rings (SSSR count). The topological polar surface area (TPSA) is 65.1 Å². The van der Waals surface area contributed by atoms with Crippen molar-refractivity contribution < 1.29 is 23.5 Å². The van der Waals surface area contributed by atoms with Crippen LogP contribution < -0.4 is 10.4 Å². The van der Waals surface area contributed by atoms with Gasteiger partial charge in [-0.2, -0.15) is 0 Å². The molecule has 6 nitrogen and oxygen atoms in total. The van der Waals surface area contributed by atoms with Crippen molar-refractivity contribution in [3.63, 3.8) is 0 Å². The van der Waals surface area contributed by atoms with Crippen LogP contribution in [0.4, 0.5) is 4.79 Å². The molecular formula is C31H35NO5Si. The first kappa shape index (κ1) is 24.3. The number of carbonyl (C=O) groups excluding carboxylic acids is 2. The van der Waals surface area contributed by atoms with Crippen LogP contribution in [0.5, 0.6) is 0 Å². The number of carbonyl (C=O) groups is 2. The molecule has 2 aliphatic carbocycles. The average molecular weight is 530 g/mol. The highest BCUT2D eigenvalue weighted by Crippen LogP contribution is 2.55. The molecular weight excluding hydrogens is 494 g/mol. The Labute approximate surface area is 225 Å². The molecule has 0 spiro atoms. The molecule has 1 amide bonds. The number of amides is 1. The van der Waals surface area contributed by atoms with Gasteiger partial charge in [0.25, 0.3) is 8.32 Å². The van der Waals surface area contributed by atoms with Gasteiger partial charge in [0.2, 0.25) is 0 Å². The predicted molar refractivity (Wildman–Crippen MR) is 146 cm³/mol. The summed E-state index contributed by atoms with van der Waals surface area (Å²) in [7, 11) is -2.75. The molecule has 2 aromatic rings. The van der Waals surface area contributed by atoms with Crippen molar-refractivity contribution in [3.05, 3.63) is 72.8 Å². The standard InChI is InChI=1S/C31H35NO5Si/c1-31(2,3)38(21-10-6-4-7-11-21,22-12-8-5-9-13-22)37-26-17-19-16-23(26)27-29(19)36-30(34)32(27)28-24(33)18-20-14-15-25(28)35-20/h4-15,19-20,23,25-29H,16-18H2,1-3H3/t19-,20-,23+,25+,26-,27-,28+,29+/m0/s1. The van der Waals surface area contributed by atoms with Crippen LogP contribution in [0.3, 0.4) is 0 Å². The molecule has 2 saturated heterocycles. The number of nitrogens with zero attached hydrogens (tertiary/aromatic N) is 1. The largest absolute Gasteiger partial charge is 0.444 e. The first-order valence-electron chi connectivity index (χ1n) is 13.9. The molecule has 4 fully saturated rings. The molecule has 3 aliphatic heterocycles. The number of hydrogen-bond acceptors (Lipinski definition) is 5. The summed E-state index contributed by atoms with van der Waals surface area (Å²) in [6, 6.07) is 20.6. The fraction of sp³-hybridized carbons (Fsp3) is 0.484. The van der Waals surface area contributed by atoms with E-state index in [1.165, 1.54) is 10.4 Å². The highest BCUT2D eigenvalue weighted by Gasteiger charge is 2.66. The van der Waals surface area contributed by atoms with Gasteiger partial charge in [-0.25, -0.2) is 4.79 Å². The maximum atomic E-state index is 13.3. The molecule has 2 saturated carbocycles. The van der Waals surface area contributed by atoms with E-state index in [4.69, 9.17) is 13.9 Å². The van der Waals surface area contributed by atoms with Crippen LogP contribution >= 0.6 is 0 Å². The maximum Gasteiger partial charge on any atom is 0.411 e. The second kappa shape index (κ2) is 8.63. The van der Waals surface area contributed by atoms with Gasteiger partial charge in [0.05, 0.1) is 18.2 Å². The monoisotopic (exact) mass is 529 g/mol. The van der Waals surface area contributed by atoms with Crippen molar-refractivity contribution in [1.29, 1.82) is 0 Å². The quantitative estimate of drug-likeness (QED) is 0.435. The molecule has 198 valence electrons. The van der Waals surface area contributed by atoms with E-state index in [-0.39, 0.29) is 59.2 Å². The number of ketones is 1. The van der Waals surface area contributed by atoms with E-state index in [1.807, 2.05) is 12.2 Å². The van der Waals surface area contributed by atoms with E-state index in [9.17, 15) is 9.59 Å². The lowest BCUT2D eigenvalue weighted by atomic mass is 9.88. The minimum Gasteiger partial charge on any atom is -0.444 e. The maximum absolute atomic E-state index is 13.3. The predicted octanol–water partition coefficient (Wildman–Crippen LogP) is 3.83. The van der Waals surface area contributed by atoms with E-state index in [2.05, 4.69) is 81.4 Å². The molecule has 0 radical (unpaired) electrons. The van der Waals surface area contributed by atoms with Gasteiger partial charge in [-0.15, -0.1) is 0 Å². The van der Waals surface area contributed by atoms with Crippen molar-refractivity contribution in [3.8, 4) is 0 Å². The van der Waals surface area contributed by atoms with Crippen LogP contribution in [-0.2, 0) is 18.7 Å². The number of fused-ring (bicyclic) bond motifs is 7. The third kappa shape index (κ3) is 3.44. The van der Waals surface area contributed by atoms with Crippen molar-refractivity contribution in [1.82, 2.24) is 4.90 Å². The molecule has 8 atom stereocenters. The van der Waals surface area contributed by atoms with E-state index >= 15 is 0 Å². The second-order valence-electron chi connectivity index (χ2n) is 12.6. The number of benzene rings is 2. The summed E-state index contributed by atoms with van der Waals surface area (Å²) in [5, 5.41) is 2.38. The summed E-state index contributed by atoms with van der Waals surface area (Å²) in [5.74, 6) is 0.434. The Morgan fingerprint density at radius 1 is 0.921 bits per heavy atom. The van der Waals surface area contributed by atoms with Crippen LogP contribution in [0.2, 0.25) is 5.04 Å². The normalized spacial score (nSPS) is 35.6. The fourth-order valence-electron chi connectivity index (χ4n) is 8.04. The van der Waals surface area contributed by atoms with Gasteiger partial charge < -0.3 is 13.9 Å². The lowest BCUT2D eigenvalue weighted by Gasteiger charge is -2.47. The van der Waals surface area contributed by atoms with Gasteiger partial charge in [-0.3, -0.25) is 9.69 Å². The van der Waals surface area contributed by atoms with Crippen molar-refractivity contribution in [2.45, 2.75) is 81.6 Å². The molecule has 0 unspecified atom stereocenters. The number of Topliss-reactive ketones (excluding diaryl/α,β-unsaturated/α-hetero) is 1. The highest BCUT2D eigenvalue weighted by atomic mass is 28.4. The van der Waals surface area contributed by atoms with E-state index in [0.29, 0.717) is 6.42 Å². The van der Waals surface area contributed by atoms with Crippen LogP contribution in [-0.4, -0.2) is 61.6 Å². The smallest absolute Gasteiger partial charge is 0.411 e. The van der Waals surface area contributed by atoms with Gasteiger partial charge in [0.15, 0.2) is 5.78 Å². The Hall–Kier alpha value is -2.74. The SMILES string of the molecule is CC(C)(C)[Si](O[C@H]1C[C@@H]2C[C@H]1[C@H]1[C@@H]2OC(=O)N1[C@@H]1C(=O)C[C@@H]2C=C[C@H]1O2)(c1ccccc1)c1ccccc1. The van der Waals surface area contributed by atoms with Gasteiger partial charge >= 0.3 is 6.09 Å². The van der Waals surface area contributed by atoms with Crippen LogP contribution in [0.15, 0.2) is 72.8 Å². The molecule has 0 N–H and O–H groups in total. The summed E-state index contributed by atoms with van der Waals surface area (Å²) in [6.07, 6.45) is 4.92. The Morgan fingerprint density at radius 2 is 1.58 bits per heavy atom. The van der Waals surface area contributed by atoms with Gasteiger partial charge in [-0.05, 0) is 28.3 Å².